The Balaban J connectivity index is 2.20. The van der Waals surface area contributed by atoms with Gasteiger partial charge in [-0.2, -0.15) is 4.98 Å². The van der Waals surface area contributed by atoms with Gasteiger partial charge in [0.05, 0.1) is 11.3 Å². The highest BCUT2D eigenvalue weighted by Crippen LogP contribution is 2.28. The topological polar surface area (TPSA) is 92.0 Å². The average molecular weight is 283 g/mol. The molecule has 3 aromatic rings. The second-order valence-corrected chi connectivity index (χ2v) is 4.68. The first kappa shape index (κ1) is 13.1. The van der Waals surface area contributed by atoms with Crippen LogP contribution in [0.1, 0.15) is 11.5 Å². The van der Waals surface area contributed by atoms with Gasteiger partial charge in [-0.05, 0) is 19.4 Å². The molecule has 1 aromatic carbocycles. The molecular weight excluding hydrogens is 270 g/mol. The van der Waals surface area contributed by atoms with Crippen LogP contribution in [0.25, 0.3) is 22.5 Å². The maximum Gasteiger partial charge on any atom is 0.262 e. The molecule has 0 fully saturated rings. The van der Waals surface area contributed by atoms with Gasteiger partial charge in [-0.15, -0.1) is 0 Å². The number of benzene rings is 1. The smallest absolute Gasteiger partial charge is 0.262 e. The highest BCUT2D eigenvalue weighted by molar-refractivity contribution is 5.69. The van der Waals surface area contributed by atoms with Crippen LogP contribution in [-0.2, 0) is 0 Å². The van der Waals surface area contributed by atoms with Crippen molar-refractivity contribution in [2.45, 2.75) is 13.8 Å². The fraction of sp³-hybridized carbons (Fsp3) is 0.133. The lowest BCUT2D eigenvalue weighted by Gasteiger charge is -2.05. The monoisotopic (exact) mass is 283 g/mol. The van der Waals surface area contributed by atoms with Gasteiger partial charge in [-0.25, -0.2) is 0 Å². The summed E-state index contributed by atoms with van der Waals surface area (Å²) in [4.78, 5) is 19.0. The fourth-order valence-electron chi connectivity index (χ4n) is 2.27. The molecule has 0 saturated heterocycles. The zero-order valence-electron chi connectivity index (χ0n) is 11.5. The number of nitrogens with zero attached hydrogens (tertiary/aromatic N) is 2. The Bertz CT molecular complexity index is 831. The van der Waals surface area contributed by atoms with E-state index in [4.69, 9.17) is 4.52 Å². The molecule has 6 nitrogen and oxygen atoms in total. The molecule has 0 radical (unpaired) electrons. The predicted octanol–water partition coefficient (Wildman–Crippen LogP) is 2.41. The number of H-pyrrole nitrogens is 1. The molecular formula is C15H13N3O3. The number of aryl methyl sites for hydroxylation is 2. The molecule has 0 aliphatic rings. The molecule has 0 bridgehead atoms. The number of aromatic hydroxyl groups is 1. The van der Waals surface area contributed by atoms with Crippen molar-refractivity contribution in [3.63, 3.8) is 0 Å². The molecule has 2 heterocycles. The zero-order chi connectivity index (χ0) is 15.0. The van der Waals surface area contributed by atoms with Gasteiger partial charge in [0, 0.05) is 0 Å². The van der Waals surface area contributed by atoms with Crippen molar-refractivity contribution in [2.75, 3.05) is 0 Å². The number of aromatic amines is 1. The lowest BCUT2D eigenvalue weighted by Crippen LogP contribution is -2.12. The van der Waals surface area contributed by atoms with Crippen LogP contribution in [0.3, 0.4) is 0 Å². The zero-order valence-corrected chi connectivity index (χ0v) is 11.5. The van der Waals surface area contributed by atoms with E-state index in [2.05, 4.69) is 15.1 Å². The first-order valence-corrected chi connectivity index (χ1v) is 6.40. The molecule has 0 aliphatic carbocycles. The van der Waals surface area contributed by atoms with Crippen molar-refractivity contribution in [2.24, 2.45) is 0 Å². The third-order valence-corrected chi connectivity index (χ3v) is 3.23. The number of rotatable bonds is 2. The molecule has 2 aromatic heterocycles. The minimum absolute atomic E-state index is 0.145. The minimum Gasteiger partial charge on any atom is -0.493 e. The molecule has 3 rings (SSSR count). The quantitative estimate of drug-likeness (QED) is 0.753. The summed E-state index contributed by atoms with van der Waals surface area (Å²) in [5, 5.41) is 13.9. The SMILES string of the molecule is Cc1noc(C)c1-c1nc(O)c(-c2ccccc2)c(=O)[nH]1. The van der Waals surface area contributed by atoms with Crippen LogP contribution in [0.2, 0.25) is 0 Å². The van der Waals surface area contributed by atoms with Crippen LogP contribution in [0, 0.1) is 13.8 Å². The van der Waals surface area contributed by atoms with E-state index in [0.717, 1.165) is 0 Å². The largest absolute Gasteiger partial charge is 0.493 e. The Labute approximate surface area is 120 Å². The van der Waals surface area contributed by atoms with Crippen LogP contribution in [0.4, 0.5) is 0 Å². The Kier molecular flexibility index (Phi) is 3.06. The molecule has 0 unspecified atom stereocenters. The van der Waals surface area contributed by atoms with Crippen LogP contribution in [0.15, 0.2) is 39.6 Å². The van der Waals surface area contributed by atoms with Gasteiger partial charge >= 0.3 is 0 Å². The Morgan fingerprint density at radius 2 is 1.86 bits per heavy atom. The van der Waals surface area contributed by atoms with Gasteiger partial charge in [-0.1, -0.05) is 35.5 Å². The second kappa shape index (κ2) is 4.90. The molecule has 21 heavy (non-hydrogen) atoms. The predicted molar refractivity (Wildman–Crippen MR) is 76.9 cm³/mol. The van der Waals surface area contributed by atoms with Crippen LogP contribution in [0.5, 0.6) is 5.88 Å². The fourth-order valence-corrected chi connectivity index (χ4v) is 2.27. The molecule has 0 saturated carbocycles. The standard InChI is InChI=1S/C15H13N3O3/c1-8-11(9(2)21-18-8)13-16-14(19)12(15(20)17-13)10-6-4-3-5-7-10/h3-7H,1-2H3,(H2,16,17,19,20). The summed E-state index contributed by atoms with van der Waals surface area (Å²) in [5.41, 5.74) is 1.52. The average Bonchev–Trinajstić information content (AvgIpc) is 2.78. The van der Waals surface area contributed by atoms with Gasteiger partial charge in [-0.3, -0.25) is 4.79 Å². The molecule has 0 amide bonds. The highest BCUT2D eigenvalue weighted by atomic mass is 16.5. The van der Waals surface area contributed by atoms with E-state index in [-0.39, 0.29) is 17.3 Å². The van der Waals surface area contributed by atoms with Gasteiger partial charge in [0.1, 0.15) is 17.1 Å². The molecule has 2 N–H and O–H groups in total. The number of hydrogen-bond donors (Lipinski definition) is 2. The van der Waals surface area contributed by atoms with Crippen molar-refractivity contribution in [1.29, 1.82) is 0 Å². The Morgan fingerprint density at radius 1 is 1.14 bits per heavy atom. The summed E-state index contributed by atoms with van der Waals surface area (Å²) < 4.78 is 5.05. The summed E-state index contributed by atoms with van der Waals surface area (Å²) in [6.45, 7) is 3.46. The Hall–Kier alpha value is -2.89. The first-order chi connectivity index (χ1) is 10.1. The van der Waals surface area contributed by atoms with E-state index in [1.807, 2.05) is 6.07 Å². The van der Waals surface area contributed by atoms with E-state index in [0.29, 0.717) is 22.6 Å². The molecule has 0 atom stereocenters. The molecule has 0 spiro atoms. The van der Waals surface area contributed by atoms with Crippen molar-refractivity contribution >= 4 is 0 Å². The minimum atomic E-state index is -0.413. The molecule has 6 heteroatoms. The van der Waals surface area contributed by atoms with E-state index < -0.39 is 5.56 Å². The summed E-state index contributed by atoms with van der Waals surface area (Å²) in [6.07, 6.45) is 0. The second-order valence-electron chi connectivity index (χ2n) is 4.68. The summed E-state index contributed by atoms with van der Waals surface area (Å²) >= 11 is 0. The van der Waals surface area contributed by atoms with Crippen molar-refractivity contribution in [3.8, 4) is 28.4 Å². The van der Waals surface area contributed by atoms with Gasteiger partial charge in [0.2, 0.25) is 5.88 Å². The third kappa shape index (κ3) is 2.20. The maximum absolute atomic E-state index is 12.3. The van der Waals surface area contributed by atoms with Crippen molar-refractivity contribution < 1.29 is 9.63 Å². The highest BCUT2D eigenvalue weighted by Gasteiger charge is 2.18. The summed E-state index contributed by atoms with van der Waals surface area (Å²) in [7, 11) is 0. The lowest BCUT2D eigenvalue weighted by atomic mass is 10.1. The third-order valence-electron chi connectivity index (χ3n) is 3.23. The van der Waals surface area contributed by atoms with E-state index >= 15 is 0 Å². The van der Waals surface area contributed by atoms with Gasteiger partial charge < -0.3 is 14.6 Å². The van der Waals surface area contributed by atoms with Crippen LogP contribution < -0.4 is 5.56 Å². The number of nitrogens with one attached hydrogen (secondary N) is 1. The normalized spacial score (nSPS) is 10.8. The van der Waals surface area contributed by atoms with Crippen molar-refractivity contribution in [3.05, 3.63) is 52.1 Å². The lowest BCUT2D eigenvalue weighted by molar-refractivity contribution is 0.393. The van der Waals surface area contributed by atoms with E-state index in [1.54, 1.807) is 38.1 Å². The number of aromatic nitrogens is 3. The first-order valence-electron chi connectivity index (χ1n) is 6.40. The molecule has 0 aliphatic heterocycles. The van der Waals surface area contributed by atoms with Crippen LogP contribution >= 0.6 is 0 Å². The Morgan fingerprint density at radius 3 is 2.43 bits per heavy atom. The van der Waals surface area contributed by atoms with E-state index in [9.17, 15) is 9.90 Å². The molecule has 106 valence electrons. The maximum atomic E-state index is 12.3. The van der Waals surface area contributed by atoms with Gasteiger partial charge in [0.25, 0.3) is 5.56 Å². The van der Waals surface area contributed by atoms with Gasteiger partial charge in [0.15, 0.2) is 0 Å². The van der Waals surface area contributed by atoms with Crippen LogP contribution in [-0.4, -0.2) is 20.2 Å². The van der Waals surface area contributed by atoms with E-state index in [1.165, 1.54) is 0 Å². The van der Waals surface area contributed by atoms with Crippen molar-refractivity contribution in [1.82, 2.24) is 15.1 Å². The summed E-state index contributed by atoms with van der Waals surface area (Å²) in [5.74, 6) is 0.455. The summed E-state index contributed by atoms with van der Waals surface area (Å²) in [6, 6.07) is 8.89. The number of hydrogen-bond acceptors (Lipinski definition) is 5.